The Morgan fingerprint density at radius 3 is 3.05 bits per heavy atom. The average molecular weight is 259 g/mol. The van der Waals surface area contributed by atoms with Gasteiger partial charge in [0.2, 0.25) is 5.91 Å². The lowest BCUT2D eigenvalue weighted by atomic mass is 10.2. The minimum atomic E-state index is -0.119. The number of rotatable bonds is 2. The van der Waals surface area contributed by atoms with Crippen LogP contribution in [0.25, 0.3) is 11.1 Å². The molecule has 0 saturated carbocycles. The van der Waals surface area contributed by atoms with Gasteiger partial charge in [-0.15, -0.1) is 0 Å². The van der Waals surface area contributed by atoms with Gasteiger partial charge in [-0.25, -0.2) is 4.98 Å². The van der Waals surface area contributed by atoms with Crippen molar-refractivity contribution in [1.29, 1.82) is 0 Å². The zero-order valence-corrected chi connectivity index (χ0v) is 11.1. The number of nitrogens with zero attached hydrogens (tertiary/aromatic N) is 2. The molecule has 1 aliphatic heterocycles. The van der Waals surface area contributed by atoms with Gasteiger partial charge in [0.25, 0.3) is 0 Å². The number of amides is 1. The highest BCUT2D eigenvalue weighted by atomic mass is 16.3. The van der Waals surface area contributed by atoms with E-state index in [1.165, 1.54) is 13.3 Å². The number of carbonyl (C=O) groups is 1. The van der Waals surface area contributed by atoms with Gasteiger partial charge in [-0.2, -0.15) is 0 Å². The second kappa shape index (κ2) is 4.66. The van der Waals surface area contributed by atoms with Crippen LogP contribution >= 0.6 is 0 Å². The predicted molar refractivity (Wildman–Crippen MR) is 72.9 cm³/mol. The Balaban J connectivity index is 1.94. The van der Waals surface area contributed by atoms with Crippen molar-refractivity contribution in [2.75, 3.05) is 18.9 Å². The van der Waals surface area contributed by atoms with E-state index in [4.69, 9.17) is 4.42 Å². The number of likely N-dealkylation sites (tertiary alicyclic amines) is 1. The molecule has 0 aromatic carbocycles. The zero-order valence-electron chi connectivity index (χ0n) is 11.1. The van der Waals surface area contributed by atoms with Crippen molar-refractivity contribution in [3.63, 3.8) is 0 Å². The maximum absolute atomic E-state index is 11.0. The molecule has 0 unspecified atom stereocenters. The van der Waals surface area contributed by atoms with Crippen LogP contribution in [-0.4, -0.2) is 29.4 Å². The summed E-state index contributed by atoms with van der Waals surface area (Å²) in [5.41, 5.74) is 1.56. The normalized spacial score (nSPS) is 20.0. The summed E-state index contributed by atoms with van der Waals surface area (Å²) in [6.45, 7) is 2.58. The summed E-state index contributed by atoms with van der Waals surface area (Å²) in [5, 5.41) is 2.68. The molecule has 0 radical (unpaired) electrons. The standard InChI is InChI=1S/C14H17N3O2/c1-9(18)15-14-6-5-12-10(16-14)8-13(19-12)11-4-3-7-17(11)2/h5-6,8,11H,3-4,7H2,1-2H3,(H,15,16,18)/t11-/m0/s1. The number of carbonyl (C=O) groups excluding carboxylic acids is 1. The van der Waals surface area contributed by atoms with E-state index in [-0.39, 0.29) is 5.91 Å². The van der Waals surface area contributed by atoms with E-state index in [0.717, 1.165) is 29.8 Å². The first-order valence-corrected chi connectivity index (χ1v) is 6.52. The number of anilines is 1. The van der Waals surface area contributed by atoms with Gasteiger partial charge < -0.3 is 9.73 Å². The van der Waals surface area contributed by atoms with Crippen LogP contribution in [0.4, 0.5) is 5.82 Å². The van der Waals surface area contributed by atoms with Gasteiger partial charge in [0, 0.05) is 13.0 Å². The predicted octanol–water partition coefficient (Wildman–Crippen LogP) is 2.55. The summed E-state index contributed by atoms with van der Waals surface area (Å²) in [4.78, 5) is 17.7. The fourth-order valence-corrected chi connectivity index (χ4v) is 2.63. The third kappa shape index (κ3) is 2.33. The molecule has 5 heteroatoms. The van der Waals surface area contributed by atoms with Gasteiger partial charge in [0.1, 0.15) is 17.1 Å². The molecule has 1 N–H and O–H groups in total. The number of nitrogens with one attached hydrogen (secondary N) is 1. The first kappa shape index (κ1) is 12.2. The van der Waals surface area contributed by atoms with Crippen molar-refractivity contribution in [3.05, 3.63) is 24.0 Å². The lowest BCUT2D eigenvalue weighted by Gasteiger charge is -2.16. The highest BCUT2D eigenvalue weighted by Crippen LogP contribution is 2.33. The maximum atomic E-state index is 11.0. The molecule has 1 atom stereocenters. The zero-order chi connectivity index (χ0) is 13.4. The van der Waals surface area contributed by atoms with Gasteiger partial charge in [-0.1, -0.05) is 0 Å². The lowest BCUT2D eigenvalue weighted by molar-refractivity contribution is -0.114. The highest BCUT2D eigenvalue weighted by molar-refractivity contribution is 5.89. The van der Waals surface area contributed by atoms with E-state index in [1.54, 1.807) is 6.07 Å². The van der Waals surface area contributed by atoms with Gasteiger partial charge in [0.15, 0.2) is 5.58 Å². The van der Waals surface area contributed by atoms with Gasteiger partial charge in [-0.3, -0.25) is 9.69 Å². The molecular formula is C14H17N3O2. The van der Waals surface area contributed by atoms with E-state index in [1.807, 2.05) is 12.1 Å². The molecule has 100 valence electrons. The Hall–Kier alpha value is -1.88. The Kier molecular flexibility index (Phi) is 2.98. The van der Waals surface area contributed by atoms with Gasteiger partial charge in [0.05, 0.1) is 6.04 Å². The minimum absolute atomic E-state index is 0.119. The van der Waals surface area contributed by atoms with Gasteiger partial charge >= 0.3 is 0 Å². The first-order valence-electron chi connectivity index (χ1n) is 6.52. The number of aromatic nitrogens is 1. The Morgan fingerprint density at radius 1 is 1.53 bits per heavy atom. The maximum Gasteiger partial charge on any atom is 0.222 e. The monoisotopic (exact) mass is 259 g/mol. The molecule has 0 aliphatic carbocycles. The Labute approximate surface area is 111 Å². The molecule has 19 heavy (non-hydrogen) atoms. The molecule has 3 heterocycles. The molecular weight excluding hydrogens is 242 g/mol. The van der Waals surface area contributed by atoms with Crippen LogP contribution in [0.3, 0.4) is 0 Å². The molecule has 3 rings (SSSR count). The molecule has 5 nitrogen and oxygen atoms in total. The summed E-state index contributed by atoms with van der Waals surface area (Å²) in [6.07, 6.45) is 2.32. The summed E-state index contributed by atoms with van der Waals surface area (Å²) in [7, 11) is 2.11. The molecule has 2 aromatic heterocycles. The molecule has 2 aromatic rings. The van der Waals surface area contributed by atoms with E-state index in [2.05, 4.69) is 22.2 Å². The van der Waals surface area contributed by atoms with Crippen LogP contribution in [0.15, 0.2) is 22.6 Å². The van der Waals surface area contributed by atoms with Crippen molar-refractivity contribution in [2.24, 2.45) is 0 Å². The summed E-state index contributed by atoms with van der Waals surface area (Å²) >= 11 is 0. The summed E-state index contributed by atoms with van der Waals surface area (Å²) in [6, 6.07) is 5.94. The topological polar surface area (TPSA) is 58.4 Å². The fraction of sp³-hybridized carbons (Fsp3) is 0.429. The second-order valence-electron chi connectivity index (χ2n) is 5.05. The minimum Gasteiger partial charge on any atom is -0.458 e. The molecule has 1 aliphatic rings. The molecule has 1 amide bonds. The summed E-state index contributed by atoms with van der Waals surface area (Å²) < 4.78 is 5.87. The van der Waals surface area contributed by atoms with Crippen LogP contribution in [0, 0.1) is 0 Å². The van der Waals surface area contributed by atoms with E-state index in [0.29, 0.717) is 11.9 Å². The van der Waals surface area contributed by atoms with Gasteiger partial charge in [-0.05, 0) is 38.6 Å². The smallest absolute Gasteiger partial charge is 0.222 e. The van der Waals surface area contributed by atoms with Crippen LogP contribution in [0.2, 0.25) is 0 Å². The van der Waals surface area contributed by atoms with Crippen molar-refractivity contribution in [3.8, 4) is 0 Å². The van der Waals surface area contributed by atoms with Crippen molar-refractivity contribution < 1.29 is 9.21 Å². The van der Waals surface area contributed by atoms with E-state index in [9.17, 15) is 4.79 Å². The average Bonchev–Trinajstić information content (AvgIpc) is 2.93. The molecule has 0 bridgehead atoms. The number of fused-ring (bicyclic) bond motifs is 1. The van der Waals surface area contributed by atoms with Crippen molar-refractivity contribution >= 4 is 22.8 Å². The van der Waals surface area contributed by atoms with Crippen LogP contribution in [0.1, 0.15) is 31.6 Å². The molecule has 1 fully saturated rings. The summed E-state index contributed by atoms with van der Waals surface area (Å²) in [5.74, 6) is 1.40. The van der Waals surface area contributed by atoms with E-state index < -0.39 is 0 Å². The van der Waals surface area contributed by atoms with Crippen LogP contribution < -0.4 is 5.32 Å². The largest absolute Gasteiger partial charge is 0.458 e. The lowest BCUT2D eigenvalue weighted by Crippen LogP contribution is -2.16. The van der Waals surface area contributed by atoms with E-state index >= 15 is 0 Å². The third-order valence-corrected chi connectivity index (χ3v) is 3.55. The second-order valence-corrected chi connectivity index (χ2v) is 5.05. The Bertz CT molecular complexity index is 620. The van der Waals surface area contributed by atoms with Crippen LogP contribution in [-0.2, 0) is 4.79 Å². The number of furan rings is 1. The third-order valence-electron chi connectivity index (χ3n) is 3.55. The SMILES string of the molecule is CC(=O)Nc1ccc2oc([C@@H]3CCCN3C)cc2n1. The number of pyridine rings is 1. The number of hydrogen-bond donors (Lipinski definition) is 1. The number of hydrogen-bond acceptors (Lipinski definition) is 4. The van der Waals surface area contributed by atoms with Crippen molar-refractivity contribution in [1.82, 2.24) is 9.88 Å². The quantitative estimate of drug-likeness (QED) is 0.900. The fourth-order valence-electron chi connectivity index (χ4n) is 2.63. The van der Waals surface area contributed by atoms with Crippen molar-refractivity contribution in [2.45, 2.75) is 25.8 Å². The Morgan fingerprint density at radius 2 is 2.37 bits per heavy atom. The molecule has 1 saturated heterocycles. The van der Waals surface area contributed by atoms with Crippen LogP contribution in [0.5, 0.6) is 0 Å². The highest BCUT2D eigenvalue weighted by Gasteiger charge is 2.25. The first-order chi connectivity index (χ1) is 9.13. The molecule has 0 spiro atoms.